The predicted octanol–water partition coefficient (Wildman–Crippen LogP) is 2.43. The SMILES string of the molecule is O=C([O-])COc1cc2c(c(Cl)c1Cl)C1=CC(=O)C3CCC1(C2)C3. The Morgan fingerprint density at radius 2 is 2.17 bits per heavy atom. The van der Waals surface area contributed by atoms with Gasteiger partial charge in [0, 0.05) is 16.9 Å². The normalized spacial score (nSPS) is 27.5. The zero-order chi connectivity index (χ0) is 16.4. The van der Waals surface area contributed by atoms with Crippen molar-refractivity contribution in [3.63, 3.8) is 0 Å². The maximum Gasteiger partial charge on any atom is 0.159 e. The summed E-state index contributed by atoms with van der Waals surface area (Å²) in [4.78, 5) is 22.8. The van der Waals surface area contributed by atoms with Crippen LogP contribution in [0.2, 0.25) is 10.0 Å². The van der Waals surface area contributed by atoms with Crippen LogP contribution in [0.15, 0.2) is 12.1 Å². The molecule has 1 spiro atoms. The maximum atomic E-state index is 12.2. The third-order valence-electron chi connectivity index (χ3n) is 5.27. The summed E-state index contributed by atoms with van der Waals surface area (Å²) in [5.41, 5.74) is 2.76. The Morgan fingerprint density at radius 1 is 1.39 bits per heavy atom. The first kappa shape index (κ1) is 15.0. The molecule has 0 radical (unpaired) electrons. The average molecular weight is 352 g/mol. The Balaban J connectivity index is 1.82. The van der Waals surface area contributed by atoms with E-state index in [2.05, 4.69) is 0 Å². The number of carbonyl (C=O) groups is 2. The van der Waals surface area contributed by atoms with Gasteiger partial charge in [-0.25, -0.2) is 0 Å². The van der Waals surface area contributed by atoms with E-state index in [1.54, 1.807) is 12.1 Å². The summed E-state index contributed by atoms with van der Waals surface area (Å²) in [7, 11) is 0. The number of hydrogen-bond donors (Lipinski definition) is 0. The van der Waals surface area contributed by atoms with E-state index in [0.717, 1.165) is 42.4 Å². The number of ketones is 1. The van der Waals surface area contributed by atoms with Gasteiger partial charge >= 0.3 is 0 Å². The van der Waals surface area contributed by atoms with Crippen molar-refractivity contribution in [1.82, 2.24) is 0 Å². The van der Waals surface area contributed by atoms with Gasteiger partial charge in [-0.15, -0.1) is 0 Å². The molecule has 23 heavy (non-hydrogen) atoms. The standard InChI is InChI=1S/C17H14Cl2O4/c18-15-12(23-7-13(21)22)3-9-6-17-2-1-8(5-17)11(20)4-10(17)14(9)16(15)19/h3-4,8H,1-2,5-7H2,(H,21,22)/p-1. The summed E-state index contributed by atoms with van der Waals surface area (Å²) >= 11 is 12.7. The molecule has 2 atom stereocenters. The molecule has 0 aromatic heterocycles. The van der Waals surface area contributed by atoms with Gasteiger partial charge in [0.15, 0.2) is 5.78 Å². The molecular weight excluding hydrogens is 339 g/mol. The van der Waals surface area contributed by atoms with E-state index >= 15 is 0 Å². The predicted molar refractivity (Wildman–Crippen MR) is 83.4 cm³/mol. The van der Waals surface area contributed by atoms with Crippen LogP contribution in [0.4, 0.5) is 0 Å². The highest BCUT2D eigenvalue weighted by Gasteiger charge is 2.52. The summed E-state index contributed by atoms with van der Waals surface area (Å²) in [6.45, 7) is -0.580. The number of fused-ring (bicyclic) bond motifs is 3. The van der Waals surface area contributed by atoms with Crippen LogP contribution in [0.5, 0.6) is 5.75 Å². The Morgan fingerprint density at radius 3 is 2.91 bits per heavy atom. The van der Waals surface area contributed by atoms with Gasteiger partial charge in [-0.3, -0.25) is 4.79 Å². The lowest BCUT2D eigenvalue weighted by molar-refractivity contribution is -0.307. The highest BCUT2D eigenvalue weighted by Crippen LogP contribution is 2.62. The Kier molecular flexibility index (Phi) is 3.26. The highest BCUT2D eigenvalue weighted by molar-refractivity contribution is 6.44. The molecule has 3 aliphatic rings. The Labute approximate surface area is 143 Å². The Hall–Kier alpha value is -1.52. The lowest BCUT2D eigenvalue weighted by Crippen LogP contribution is -2.29. The lowest BCUT2D eigenvalue weighted by atomic mass is 9.74. The topological polar surface area (TPSA) is 66.4 Å². The summed E-state index contributed by atoms with van der Waals surface area (Å²) in [5, 5.41) is 11.1. The van der Waals surface area contributed by atoms with Crippen LogP contribution in [0.1, 0.15) is 30.4 Å². The second-order valence-corrected chi connectivity index (χ2v) is 7.31. The minimum absolute atomic E-state index is 0.0269. The quantitative estimate of drug-likeness (QED) is 0.838. The molecule has 1 saturated carbocycles. The molecule has 6 heteroatoms. The van der Waals surface area contributed by atoms with Gasteiger partial charge in [-0.1, -0.05) is 23.2 Å². The molecule has 1 fully saturated rings. The monoisotopic (exact) mass is 351 g/mol. The van der Waals surface area contributed by atoms with Crippen LogP contribution < -0.4 is 9.84 Å². The van der Waals surface area contributed by atoms with Gasteiger partial charge in [0.25, 0.3) is 0 Å². The van der Waals surface area contributed by atoms with Crippen molar-refractivity contribution in [1.29, 1.82) is 0 Å². The van der Waals surface area contributed by atoms with Gasteiger partial charge < -0.3 is 14.6 Å². The number of carboxylic acid groups (broad SMARTS) is 1. The van der Waals surface area contributed by atoms with Crippen molar-refractivity contribution >= 4 is 40.5 Å². The van der Waals surface area contributed by atoms with Crippen molar-refractivity contribution in [3.8, 4) is 5.75 Å². The van der Waals surface area contributed by atoms with E-state index in [1.165, 1.54) is 0 Å². The van der Waals surface area contributed by atoms with Crippen LogP contribution in [-0.2, 0) is 16.0 Å². The van der Waals surface area contributed by atoms with Crippen LogP contribution >= 0.6 is 23.2 Å². The molecule has 2 bridgehead atoms. The first-order valence-electron chi connectivity index (χ1n) is 7.51. The van der Waals surface area contributed by atoms with Crippen LogP contribution in [0.25, 0.3) is 5.57 Å². The van der Waals surface area contributed by atoms with Crippen LogP contribution in [0.3, 0.4) is 0 Å². The van der Waals surface area contributed by atoms with Crippen molar-refractivity contribution in [2.24, 2.45) is 11.3 Å². The summed E-state index contributed by atoms with van der Waals surface area (Å²) in [6.07, 6.45) is 5.25. The van der Waals surface area contributed by atoms with Gasteiger partial charge in [0.1, 0.15) is 17.4 Å². The molecule has 4 nitrogen and oxygen atoms in total. The molecule has 120 valence electrons. The van der Waals surface area contributed by atoms with Crippen LogP contribution in [-0.4, -0.2) is 18.4 Å². The Bertz CT molecular complexity index is 783. The number of allylic oxidation sites excluding steroid dienone is 2. The van der Waals surface area contributed by atoms with Crippen LogP contribution in [0, 0.1) is 11.3 Å². The fraction of sp³-hybridized carbons (Fsp3) is 0.412. The number of benzene rings is 1. The molecule has 3 aliphatic carbocycles. The second kappa shape index (κ2) is 4.99. The zero-order valence-electron chi connectivity index (χ0n) is 12.2. The van der Waals surface area contributed by atoms with Gasteiger partial charge in [0.05, 0.1) is 11.0 Å². The molecule has 4 rings (SSSR count). The second-order valence-electron chi connectivity index (χ2n) is 6.55. The first-order chi connectivity index (χ1) is 10.9. The van der Waals surface area contributed by atoms with E-state index in [1.807, 2.05) is 0 Å². The van der Waals surface area contributed by atoms with E-state index in [4.69, 9.17) is 27.9 Å². The van der Waals surface area contributed by atoms with Gasteiger partial charge in [-0.05, 0) is 49.0 Å². The molecule has 0 saturated heterocycles. The van der Waals surface area contributed by atoms with Crippen molar-refractivity contribution in [2.45, 2.75) is 25.7 Å². The van der Waals surface area contributed by atoms with Crippen molar-refractivity contribution in [2.75, 3.05) is 6.61 Å². The summed E-state index contributed by atoms with van der Waals surface area (Å²) in [6, 6.07) is 1.75. The molecular formula is C17H13Cl2O4-. The number of aliphatic carboxylic acids is 1. The molecule has 0 aliphatic heterocycles. The number of carboxylic acids is 1. The molecule has 0 N–H and O–H groups in total. The van der Waals surface area contributed by atoms with Gasteiger partial charge in [-0.2, -0.15) is 0 Å². The lowest BCUT2D eigenvalue weighted by Gasteiger charge is -2.29. The number of ether oxygens (including phenoxy) is 1. The summed E-state index contributed by atoms with van der Waals surface area (Å²) < 4.78 is 5.19. The fourth-order valence-electron chi connectivity index (χ4n) is 4.31. The summed E-state index contributed by atoms with van der Waals surface area (Å²) in [5.74, 6) is -0.783. The van der Waals surface area contributed by atoms with E-state index in [0.29, 0.717) is 5.02 Å². The minimum atomic E-state index is -1.32. The number of carbonyl (C=O) groups excluding carboxylic acids is 2. The molecule has 0 amide bonds. The molecule has 0 heterocycles. The first-order valence-corrected chi connectivity index (χ1v) is 8.27. The number of rotatable bonds is 3. The number of halogens is 2. The molecule has 1 aromatic carbocycles. The minimum Gasteiger partial charge on any atom is -0.546 e. The van der Waals surface area contributed by atoms with Gasteiger partial charge in [0.2, 0.25) is 0 Å². The van der Waals surface area contributed by atoms with E-state index in [-0.39, 0.29) is 27.9 Å². The fourth-order valence-corrected chi connectivity index (χ4v) is 4.83. The largest absolute Gasteiger partial charge is 0.546 e. The van der Waals surface area contributed by atoms with E-state index < -0.39 is 12.6 Å². The number of hydrogen-bond acceptors (Lipinski definition) is 4. The molecule has 2 unspecified atom stereocenters. The third kappa shape index (κ3) is 2.12. The smallest absolute Gasteiger partial charge is 0.159 e. The van der Waals surface area contributed by atoms with Crippen molar-refractivity contribution < 1.29 is 19.4 Å². The van der Waals surface area contributed by atoms with E-state index in [9.17, 15) is 14.7 Å². The highest BCUT2D eigenvalue weighted by atomic mass is 35.5. The zero-order valence-corrected chi connectivity index (χ0v) is 13.7. The third-order valence-corrected chi connectivity index (χ3v) is 6.12. The maximum absolute atomic E-state index is 12.2. The molecule has 1 aromatic rings. The van der Waals surface area contributed by atoms with Crippen molar-refractivity contribution in [3.05, 3.63) is 33.3 Å². The average Bonchev–Trinajstić information content (AvgIpc) is 3.02.